The Morgan fingerprint density at radius 3 is 2.76 bits per heavy atom. The second-order valence-electron chi connectivity index (χ2n) is 4.90. The van der Waals surface area contributed by atoms with E-state index >= 15 is 0 Å². The van der Waals surface area contributed by atoms with Gasteiger partial charge in [-0.2, -0.15) is 0 Å². The number of aromatic amines is 1. The molecular formula is C15H20N4O2. The van der Waals surface area contributed by atoms with Gasteiger partial charge in [0.2, 0.25) is 0 Å². The molecule has 0 atom stereocenters. The van der Waals surface area contributed by atoms with Crippen LogP contribution in [-0.4, -0.2) is 35.4 Å². The van der Waals surface area contributed by atoms with E-state index in [1.165, 1.54) is 4.90 Å². The maximum Gasteiger partial charge on any atom is 0.276 e. The molecule has 0 fully saturated rings. The third kappa shape index (κ3) is 2.69. The van der Waals surface area contributed by atoms with Gasteiger partial charge in [0.25, 0.3) is 5.91 Å². The number of nitrogens with one attached hydrogen (secondary N) is 2. The average Bonchev–Trinajstić information content (AvgIpc) is 2.90. The smallest absolute Gasteiger partial charge is 0.276 e. The molecule has 1 heterocycles. The van der Waals surface area contributed by atoms with Gasteiger partial charge in [-0.25, -0.2) is 0 Å². The quantitative estimate of drug-likeness (QED) is 0.594. The van der Waals surface area contributed by atoms with Crippen molar-refractivity contribution in [3.05, 3.63) is 29.5 Å². The van der Waals surface area contributed by atoms with E-state index in [4.69, 9.17) is 15.9 Å². The van der Waals surface area contributed by atoms with Gasteiger partial charge in [0.15, 0.2) is 5.96 Å². The number of nitrogens with two attached hydrogens (primary N) is 1. The summed E-state index contributed by atoms with van der Waals surface area (Å²) in [4.78, 5) is 16.8. The van der Waals surface area contributed by atoms with E-state index in [0.29, 0.717) is 18.0 Å². The zero-order valence-corrected chi connectivity index (χ0v) is 12.5. The highest BCUT2D eigenvalue weighted by atomic mass is 16.5. The van der Waals surface area contributed by atoms with Gasteiger partial charge in [-0.3, -0.25) is 15.1 Å². The second-order valence-corrected chi connectivity index (χ2v) is 4.90. The van der Waals surface area contributed by atoms with E-state index in [1.807, 2.05) is 26.0 Å². The molecule has 1 amide bonds. The molecular weight excluding hydrogens is 268 g/mol. The van der Waals surface area contributed by atoms with E-state index in [-0.39, 0.29) is 11.9 Å². The van der Waals surface area contributed by atoms with Crippen molar-refractivity contribution >= 4 is 22.8 Å². The van der Waals surface area contributed by atoms with Crippen molar-refractivity contribution in [1.29, 1.82) is 5.41 Å². The number of hydrogen-bond acceptors (Lipinski definition) is 3. The molecule has 1 aromatic heterocycles. The van der Waals surface area contributed by atoms with Crippen molar-refractivity contribution in [1.82, 2.24) is 9.88 Å². The number of aryl methyl sites for hydroxylation is 1. The van der Waals surface area contributed by atoms with E-state index in [2.05, 4.69) is 4.98 Å². The lowest BCUT2D eigenvalue weighted by molar-refractivity contribution is 0.0840. The fraction of sp³-hybridized carbons (Fsp3) is 0.333. The minimum atomic E-state index is -0.304. The van der Waals surface area contributed by atoms with Gasteiger partial charge in [0.05, 0.1) is 12.6 Å². The number of fused-ring (bicyclic) bond motifs is 1. The Hall–Kier alpha value is -2.50. The summed E-state index contributed by atoms with van der Waals surface area (Å²) in [5, 5.41) is 8.46. The minimum Gasteiger partial charge on any atom is -0.495 e. The van der Waals surface area contributed by atoms with E-state index < -0.39 is 0 Å². The normalized spacial score (nSPS) is 10.6. The lowest BCUT2D eigenvalue weighted by Gasteiger charge is -2.18. The van der Waals surface area contributed by atoms with Gasteiger partial charge >= 0.3 is 0 Å². The van der Waals surface area contributed by atoms with Crippen LogP contribution < -0.4 is 10.5 Å². The zero-order valence-electron chi connectivity index (χ0n) is 12.5. The van der Waals surface area contributed by atoms with Crippen molar-refractivity contribution < 1.29 is 9.53 Å². The Morgan fingerprint density at radius 1 is 1.48 bits per heavy atom. The molecule has 6 nitrogen and oxygen atoms in total. The van der Waals surface area contributed by atoms with Crippen molar-refractivity contribution in [3.63, 3.8) is 0 Å². The van der Waals surface area contributed by atoms with Crippen LogP contribution >= 0.6 is 0 Å². The zero-order chi connectivity index (χ0) is 15.6. The molecule has 0 aliphatic carbocycles. The first kappa shape index (κ1) is 14.9. The van der Waals surface area contributed by atoms with Crippen molar-refractivity contribution in [2.45, 2.75) is 20.3 Å². The minimum absolute atomic E-state index is 0.246. The largest absolute Gasteiger partial charge is 0.495 e. The molecule has 0 saturated carbocycles. The van der Waals surface area contributed by atoms with Gasteiger partial charge in [-0.1, -0.05) is 13.0 Å². The van der Waals surface area contributed by atoms with Gasteiger partial charge in [-0.05, 0) is 31.0 Å². The highest BCUT2D eigenvalue weighted by Crippen LogP contribution is 2.28. The van der Waals surface area contributed by atoms with E-state index in [0.717, 1.165) is 22.9 Å². The molecule has 4 N–H and O–H groups in total. The van der Waals surface area contributed by atoms with E-state index in [1.54, 1.807) is 13.2 Å². The standard InChI is InChI=1S/C15H20N4O2/c1-4-7-19(15(16)17)14(20)11-8-10-9(2)5-6-12(21-3)13(10)18-11/h5-6,8,18H,4,7H2,1-3H3,(H3,16,17). The number of amides is 1. The molecule has 0 aliphatic rings. The Labute approximate surface area is 123 Å². The molecule has 0 spiro atoms. The number of hydrogen-bond donors (Lipinski definition) is 3. The molecule has 0 aliphatic heterocycles. The molecule has 2 rings (SSSR count). The van der Waals surface area contributed by atoms with Crippen LogP contribution in [0.4, 0.5) is 0 Å². The van der Waals surface area contributed by atoms with Gasteiger partial charge in [0, 0.05) is 11.9 Å². The number of H-pyrrole nitrogens is 1. The second kappa shape index (κ2) is 5.87. The Balaban J connectivity index is 2.49. The van der Waals surface area contributed by atoms with Crippen molar-refractivity contribution in [2.75, 3.05) is 13.7 Å². The molecule has 0 bridgehead atoms. The summed E-state index contributed by atoms with van der Waals surface area (Å²) in [5.41, 5.74) is 7.72. The molecule has 6 heteroatoms. The summed E-state index contributed by atoms with van der Waals surface area (Å²) in [6, 6.07) is 5.58. The SMILES string of the molecule is CCCN(C(=N)N)C(=O)c1cc2c(C)ccc(OC)c2[nH]1. The molecule has 0 saturated heterocycles. The summed E-state index contributed by atoms with van der Waals surface area (Å²) in [5.74, 6) is 0.130. The first-order valence-electron chi connectivity index (χ1n) is 6.81. The Bertz CT molecular complexity index is 690. The van der Waals surface area contributed by atoms with Crippen LogP contribution in [0.3, 0.4) is 0 Å². The first-order valence-corrected chi connectivity index (χ1v) is 6.81. The number of benzene rings is 1. The van der Waals surface area contributed by atoms with Crippen LogP contribution in [0, 0.1) is 12.3 Å². The summed E-state index contributed by atoms with van der Waals surface area (Å²) in [7, 11) is 1.59. The molecule has 2 aromatic rings. The van der Waals surface area contributed by atoms with Crippen LogP contribution in [-0.2, 0) is 0 Å². The number of aromatic nitrogens is 1. The van der Waals surface area contributed by atoms with Crippen molar-refractivity contribution in [3.8, 4) is 5.75 Å². The number of carbonyl (C=O) groups excluding carboxylic acids is 1. The predicted molar refractivity (Wildman–Crippen MR) is 82.8 cm³/mol. The highest BCUT2D eigenvalue weighted by molar-refractivity contribution is 6.06. The number of carbonyl (C=O) groups is 1. The number of nitrogens with zero attached hydrogens (tertiary/aromatic N) is 1. The van der Waals surface area contributed by atoms with Crippen LogP contribution in [0.25, 0.3) is 10.9 Å². The predicted octanol–water partition coefficient (Wildman–Crippen LogP) is 2.23. The molecule has 0 unspecified atom stereocenters. The maximum absolute atomic E-state index is 12.5. The van der Waals surface area contributed by atoms with E-state index in [9.17, 15) is 4.79 Å². The van der Waals surface area contributed by atoms with Crippen LogP contribution in [0.5, 0.6) is 5.75 Å². The van der Waals surface area contributed by atoms with Crippen LogP contribution in [0.15, 0.2) is 18.2 Å². The number of guanidine groups is 1. The van der Waals surface area contributed by atoms with Gasteiger partial charge < -0.3 is 15.5 Å². The van der Waals surface area contributed by atoms with Gasteiger partial charge in [0.1, 0.15) is 11.4 Å². The number of ether oxygens (including phenoxy) is 1. The molecule has 0 radical (unpaired) electrons. The molecule has 1 aromatic carbocycles. The van der Waals surface area contributed by atoms with Crippen molar-refractivity contribution in [2.24, 2.45) is 5.73 Å². The molecule has 112 valence electrons. The first-order chi connectivity index (χ1) is 9.99. The monoisotopic (exact) mass is 288 g/mol. The summed E-state index contributed by atoms with van der Waals surface area (Å²) in [6.07, 6.45) is 0.730. The van der Waals surface area contributed by atoms with Crippen LogP contribution in [0.1, 0.15) is 29.4 Å². The fourth-order valence-electron chi connectivity index (χ4n) is 2.32. The summed E-state index contributed by atoms with van der Waals surface area (Å²) < 4.78 is 5.31. The number of rotatable bonds is 4. The average molecular weight is 288 g/mol. The third-order valence-electron chi connectivity index (χ3n) is 3.41. The topological polar surface area (TPSA) is 95.2 Å². The number of methoxy groups -OCH3 is 1. The van der Waals surface area contributed by atoms with Crippen LogP contribution in [0.2, 0.25) is 0 Å². The Morgan fingerprint density at radius 2 is 2.19 bits per heavy atom. The van der Waals surface area contributed by atoms with Gasteiger partial charge in [-0.15, -0.1) is 0 Å². The highest BCUT2D eigenvalue weighted by Gasteiger charge is 2.20. The fourth-order valence-corrected chi connectivity index (χ4v) is 2.32. The summed E-state index contributed by atoms with van der Waals surface area (Å²) >= 11 is 0. The lowest BCUT2D eigenvalue weighted by atomic mass is 10.1. The maximum atomic E-state index is 12.5. The Kier molecular flexibility index (Phi) is 4.16. The third-order valence-corrected chi connectivity index (χ3v) is 3.41. The summed E-state index contributed by atoms with van der Waals surface area (Å²) in [6.45, 7) is 4.32. The lowest BCUT2D eigenvalue weighted by Crippen LogP contribution is -2.41. The molecule has 21 heavy (non-hydrogen) atoms.